The largest absolute Gasteiger partial charge is 0.274 e. The van der Waals surface area contributed by atoms with Crippen LogP contribution >= 0.6 is 34.8 Å². The predicted molar refractivity (Wildman–Crippen MR) is 50.9 cm³/mol. The van der Waals surface area contributed by atoms with E-state index in [1.54, 1.807) is 6.20 Å². The van der Waals surface area contributed by atoms with Crippen molar-refractivity contribution in [3.63, 3.8) is 0 Å². The summed E-state index contributed by atoms with van der Waals surface area (Å²) >= 11 is 17.0. The van der Waals surface area contributed by atoms with Crippen molar-refractivity contribution in [3.8, 4) is 0 Å². The van der Waals surface area contributed by atoms with Gasteiger partial charge in [-0.1, -0.05) is 34.8 Å². The van der Waals surface area contributed by atoms with Gasteiger partial charge in [0, 0.05) is 0 Å². The van der Waals surface area contributed by atoms with Gasteiger partial charge in [-0.25, -0.2) is 15.0 Å². The fourth-order valence-corrected chi connectivity index (χ4v) is 1.32. The smallest absolute Gasteiger partial charge is 0.269 e. The van der Waals surface area contributed by atoms with Gasteiger partial charge >= 0.3 is 0 Å². The molecular weight excluding hydrogens is 234 g/mol. The quantitative estimate of drug-likeness (QED) is 0.659. The number of imidazole rings is 1. The molecule has 0 aliphatic rings. The molecule has 0 N–H and O–H groups in total. The summed E-state index contributed by atoms with van der Waals surface area (Å²) in [6.07, 6.45) is 4.33. The molecule has 0 saturated heterocycles. The summed E-state index contributed by atoms with van der Waals surface area (Å²) < 4.78 is -0.224. The minimum atomic E-state index is -1.57. The van der Waals surface area contributed by atoms with Crippen molar-refractivity contribution in [3.05, 3.63) is 18.9 Å². The molecule has 0 aliphatic carbocycles. The number of alkyl halides is 3. The molecule has 0 saturated carbocycles. The second-order valence-electron chi connectivity index (χ2n) is 2.31. The van der Waals surface area contributed by atoms with Crippen LogP contribution in [-0.4, -0.2) is 19.5 Å². The molecule has 7 heteroatoms. The molecule has 2 rings (SSSR count). The van der Waals surface area contributed by atoms with E-state index in [9.17, 15) is 0 Å². The van der Waals surface area contributed by atoms with Crippen molar-refractivity contribution in [1.82, 2.24) is 19.5 Å². The molecule has 0 bridgehead atoms. The van der Waals surface area contributed by atoms with Gasteiger partial charge in [0.25, 0.3) is 3.92 Å². The number of aromatic nitrogens is 4. The highest BCUT2D eigenvalue weighted by atomic mass is 35.6. The minimum absolute atomic E-state index is 0.495. The molecule has 0 amide bonds. The molecule has 2 aromatic rings. The monoisotopic (exact) mass is 236 g/mol. The van der Waals surface area contributed by atoms with E-state index in [4.69, 9.17) is 34.8 Å². The van der Waals surface area contributed by atoms with Crippen LogP contribution in [0.3, 0.4) is 0 Å². The number of hydrogen-bond donors (Lipinski definition) is 0. The summed E-state index contributed by atoms with van der Waals surface area (Å²) in [5, 5.41) is 0. The van der Waals surface area contributed by atoms with Gasteiger partial charge < -0.3 is 0 Å². The van der Waals surface area contributed by atoms with Crippen LogP contribution < -0.4 is 0 Å². The van der Waals surface area contributed by atoms with Gasteiger partial charge in [0.1, 0.15) is 18.2 Å². The van der Waals surface area contributed by atoms with Gasteiger partial charge in [-0.05, 0) is 0 Å². The Morgan fingerprint density at radius 1 is 1.23 bits per heavy atom. The average Bonchev–Trinajstić information content (AvgIpc) is 2.45. The predicted octanol–water partition coefficient (Wildman–Crippen LogP) is 2.11. The van der Waals surface area contributed by atoms with Crippen LogP contribution in [0.25, 0.3) is 11.2 Å². The van der Waals surface area contributed by atoms with Crippen molar-refractivity contribution in [2.24, 2.45) is 0 Å². The fourth-order valence-electron chi connectivity index (χ4n) is 0.953. The van der Waals surface area contributed by atoms with Gasteiger partial charge in [-0.2, -0.15) is 0 Å². The van der Waals surface area contributed by atoms with Gasteiger partial charge in [-0.15, -0.1) is 0 Å². The number of hydrogen-bond acceptors (Lipinski definition) is 3. The first kappa shape index (κ1) is 8.99. The molecule has 0 aliphatic heterocycles. The Morgan fingerprint density at radius 2 is 2.00 bits per heavy atom. The highest BCUT2D eigenvalue weighted by molar-refractivity contribution is 6.64. The van der Waals surface area contributed by atoms with Crippen molar-refractivity contribution in [1.29, 1.82) is 0 Å². The lowest BCUT2D eigenvalue weighted by atomic mass is 10.6. The Kier molecular flexibility index (Phi) is 2.06. The van der Waals surface area contributed by atoms with Gasteiger partial charge in [0.2, 0.25) is 0 Å². The Hall–Kier alpha value is -0.580. The van der Waals surface area contributed by atoms with E-state index in [1.807, 2.05) is 0 Å². The molecule has 68 valence electrons. The first-order valence-corrected chi connectivity index (χ1v) is 4.42. The lowest BCUT2D eigenvalue weighted by Gasteiger charge is -2.11. The normalized spacial score (nSPS) is 12.2. The molecule has 13 heavy (non-hydrogen) atoms. The minimum Gasteiger partial charge on any atom is -0.269 e. The lowest BCUT2D eigenvalue weighted by molar-refractivity contribution is 0.803. The number of fused-ring (bicyclic) bond motifs is 1. The van der Waals surface area contributed by atoms with E-state index in [1.165, 1.54) is 17.2 Å². The second kappa shape index (κ2) is 2.97. The number of rotatable bonds is 0. The number of nitrogens with zero attached hydrogens (tertiary/aromatic N) is 4. The average molecular weight is 237 g/mol. The maximum atomic E-state index is 5.67. The summed E-state index contributed by atoms with van der Waals surface area (Å²) in [5.74, 6) is 0. The Balaban J connectivity index is 2.72. The molecule has 0 radical (unpaired) electrons. The molecule has 4 nitrogen and oxygen atoms in total. The zero-order valence-electron chi connectivity index (χ0n) is 6.15. The third-order valence-electron chi connectivity index (χ3n) is 1.49. The van der Waals surface area contributed by atoms with Crippen molar-refractivity contribution in [2.75, 3.05) is 0 Å². The molecule has 0 unspecified atom stereocenters. The van der Waals surface area contributed by atoms with Crippen LogP contribution in [0.1, 0.15) is 0 Å². The van der Waals surface area contributed by atoms with Crippen LogP contribution in [0.4, 0.5) is 0 Å². The van der Waals surface area contributed by atoms with Gasteiger partial charge in [0.05, 0.1) is 6.20 Å². The maximum absolute atomic E-state index is 5.67. The standard InChI is InChI=1S/C6H3Cl3N4/c7-6(8,9)13-3-12-4-1-10-2-11-5(4)13/h1-3H. The summed E-state index contributed by atoms with van der Waals surface area (Å²) in [6, 6.07) is 0. The van der Waals surface area contributed by atoms with Crippen LogP contribution in [-0.2, 0) is 3.92 Å². The Morgan fingerprint density at radius 3 is 2.69 bits per heavy atom. The van der Waals surface area contributed by atoms with E-state index < -0.39 is 3.92 Å². The molecular formula is C6H3Cl3N4. The summed E-state index contributed by atoms with van der Waals surface area (Å²) in [6.45, 7) is 0. The molecule has 0 atom stereocenters. The molecule has 0 spiro atoms. The highest BCUT2D eigenvalue weighted by Gasteiger charge is 2.24. The van der Waals surface area contributed by atoms with Gasteiger partial charge in [0.15, 0.2) is 5.65 Å². The van der Waals surface area contributed by atoms with E-state index in [-0.39, 0.29) is 0 Å². The first-order valence-electron chi connectivity index (χ1n) is 3.29. The number of halogens is 3. The van der Waals surface area contributed by atoms with Crippen LogP contribution in [0.15, 0.2) is 18.9 Å². The summed E-state index contributed by atoms with van der Waals surface area (Å²) in [4.78, 5) is 11.7. The van der Waals surface area contributed by atoms with E-state index in [2.05, 4.69) is 15.0 Å². The SMILES string of the molecule is ClC(Cl)(Cl)n1cnc2cncnc21. The van der Waals surface area contributed by atoms with E-state index >= 15 is 0 Å². The fraction of sp³-hybridized carbons (Fsp3) is 0.167. The highest BCUT2D eigenvalue weighted by Crippen LogP contribution is 2.33. The summed E-state index contributed by atoms with van der Waals surface area (Å²) in [5.41, 5.74) is 1.09. The zero-order chi connectivity index (χ0) is 9.47. The van der Waals surface area contributed by atoms with Crippen molar-refractivity contribution in [2.45, 2.75) is 3.92 Å². The summed E-state index contributed by atoms with van der Waals surface area (Å²) in [7, 11) is 0. The Bertz CT molecular complexity index is 433. The molecule has 2 heterocycles. The zero-order valence-corrected chi connectivity index (χ0v) is 8.42. The van der Waals surface area contributed by atoms with Crippen LogP contribution in [0.2, 0.25) is 0 Å². The Labute approximate surface area is 88.5 Å². The lowest BCUT2D eigenvalue weighted by Crippen LogP contribution is -2.11. The van der Waals surface area contributed by atoms with E-state index in [0.29, 0.717) is 11.2 Å². The first-order chi connectivity index (χ1) is 6.09. The van der Waals surface area contributed by atoms with Crippen molar-refractivity contribution >= 4 is 46.0 Å². The third-order valence-corrected chi connectivity index (χ3v) is 2.03. The van der Waals surface area contributed by atoms with Crippen molar-refractivity contribution < 1.29 is 0 Å². The van der Waals surface area contributed by atoms with Crippen LogP contribution in [0.5, 0.6) is 0 Å². The topological polar surface area (TPSA) is 43.6 Å². The third kappa shape index (κ3) is 1.57. The molecule has 0 fully saturated rings. The molecule has 0 aromatic carbocycles. The van der Waals surface area contributed by atoms with Crippen LogP contribution in [0, 0.1) is 0 Å². The molecule has 2 aromatic heterocycles. The van der Waals surface area contributed by atoms with Gasteiger partial charge in [-0.3, -0.25) is 4.57 Å². The maximum Gasteiger partial charge on any atom is 0.274 e. The second-order valence-corrected chi connectivity index (χ2v) is 4.54. The van der Waals surface area contributed by atoms with E-state index in [0.717, 1.165) is 0 Å².